The maximum absolute atomic E-state index is 13.2. The van der Waals surface area contributed by atoms with Gasteiger partial charge in [-0.15, -0.1) is 12.4 Å². The van der Waals surface area contributed by atoms with Crippen molar-refractivity contribution in [1.82, 2.24) is 15.5 Å². The van der Waals surface area contributed by atoms with Crippen LogP contribution in [0.3, 0.4) is 0 Å². The zero-order valence-electron chi connectivity index (χ0n) is 13.0. The van der Waals surface area contributed by atoms with E-state index in [1.807, 2.05) is 0 Å². The molecule has 2 fully saturated rings. The number of piperazine rings is 1. The van der Waals surface area contributed by atoms with Crippen LogP contribution in [0.1, 0.15) is 19.3 Å². The summed E-state index contributed by atoms with van der Waals surface area (Å²) in [6.07, 6.45) is -2.46. The molecule has 0 radical (unpaired) electrons. The van der Waals surface area contributed by atoms with Gasteiger partial charge in [0.25, 0.3) is 0 Å². The molecule has 2 aliphatic heterocycles. The summed E-state index contributed by atoms with van der Waals surface area (Å²) >= 11 is 0. The smallest absolute Gasteiger partial charge is 0.381 e. The van der Waals surface area contributed by atoms with E-state index in [1.165, 1.54) is 4.90 Å². The molecule has 0 aromatic rings. The van der Waals surface area contributed by atoms with E-state index in [0.717, 1.165) is 6.42 Å². The third kappa shape index (κ3) is 6.82. The topological polar surface area (TPSA) is 53.6 Å². The first-order chi connectivity index (χ1) is 10.5. The molecule has 0 bridgehead atoms. The van der Waals surface area contributed by atoms with Crippen molar-refractivity contribution >= 4 is 18.3 Å². The number of carbonyl (C=O) groups is 1. The van der Waals surface area contributed by atoms with Gasteiger partial charge in [-0.05, 0) is 18.8 Å². The molecule has 0 aromatic heterocycles. The van der Waals surface area contributed by atoms with Crippen LogP contribution in [0.25, 0.3) is 0 Å². The highest BCUT2D eigenvalue weighted by Crippen LogP contribution is 2.25. The minimum absolute atomic E-state index is 0. The Kier molecular flexibility index (Phi) is 8.60. The predicted octanol–water partition coefficient (Wildman–Crippen LogP) is 1.18. The molecule has 2 rings (SSSR count). The molecule has 0 saturated carbocycles. The van der Waals surface area contributed by atoms with Crippen molar-refractivity contribution in [2.75, 3.05) is 45.9 Å². The van der Waals surface area contributed by atoms with Gasteiger partial charge in [-0.2, -0.15) is 13.2 Å². The maximum Gasteiger partial charge on any atom is 0.405 e. The van der Waals surface area contributed by atoms with Gasteiger partial charge in [0.2, 0.25) is 5.91 Å². The Morgan fingerprint density at radius 3 is 2.61 bits per heavy atom. The van der Waals surface area contributed by atoms with Crippen molar-refractivity contribution in [3.05, 3.63) is 0 Å². The normalized spacial score (nSPS) is 24.0. The molecule has 0 aliphatic carbocycles. The maximum atomic E-state index is 13.2. The van der Waals surface area contributed by atoms with Crippen LogP contribution in [0.15, 0.2) is 0 Å². The molecule has 0 spiro atoms. The largest absolute Gasteiger partial charge is 0.405 e. The Hall–Kier alpha value is -0.570. The molecule has 5 nitrogen and oxygen atoms in total. The van der Waals surface area contributed by atoms with E-state index < -0.39 is 12.2 Å². The van der Waals surface area contributed by atoms with Crippen molar-refractivity contribution in [2.24, 2.45) is 5.92 Å². The fraction of sp³-hybridized carbons (Fsp3) is 0.929. The second-order valence-electron chi connectivity index (χ2n) is 5.92. The summed E-state index contributed by atoms with van der Waals surface area (Å²) in [5, 5.41) is 5.48. The lowest BCUT2D eigenvalue weighted by molar-refractivity contribution is -0.184. The molecular formula is C14H25ClF3N3O2. The number of nitrogens with one attached hydrogen (secondary N) is 2. The summed E-state index contributed by atoms with van der Waals surface area (Å²) in [6, 6.07) is -1.60. The Morgan fingerprint density at radius 2 is 2.04 bits per heavy atom. The Labute approximate surface area is 140 Å². The van der Waals surface area contributed by atoms with Crippen molar-refractivity contribution in [3.8, 4) is 0 Å². The van der Waals surface area contributed by atoms with Crippen molar-refractivity contribution in [2.45, 2.75) is 31.5 Å². The number of hydrogen-bond donors (Lipinski definition) is 2. The fourth-order valence-electron chi connectivity index (χ4n) is 2.89. The summed E-state index contributed by atoms with van der Waals surface area (Å²) in [7, 11) is 0. The average Bonchev–Trinajstić information content (AvgIpc) is 2.98. The number of alkyl halides is 3. The molecule has 23 heavy (non-hydrogen) atoms. The van der Waals surface area contributed by atoms with Crippen LogP contribution in [0.5, 0.6) is 0 Å². The summed E-state index contributed by atoms with van der Waals surface area (Å²) in [4.78, 5) is 13.2. The number of halogens is 4. The third-order valence-corrected chi connectivity index (χ3v) is 4.27. The van der Waals surface area contributed by atoms with Gasteiger partial charge in [-0.1, -0.05) is 0 Å². The van der Waals surface area contributed by atoms with Gasteiger partial charge >= 0.3 is 6.18 Å². The highest BCUT2D eigenvalue weighted by Gasteiger charge is 2.43. The van der Waals surface area contributed by atoms with Crippen LogP contribution in [0.2, 0.25) is 0 Å². The fourth-order valence-corrected chi connectivity index (χ4v) is 2.89. The Morgan fingerprint density at radius 1 is 1.35 bits per heavy atom. The summed E-state index contributed by atoms with van der Waals surface area (Å²) in [6.45, 7) is 2.78. The number of carbonyl (C=O) groups excluding carboxylic acids is 1. The van der Waals surface area contributed by atoms with E-state index in [9.17, 15) is 18.0 Å². The van der Waals surface area contributed by atoms with E-state index in [0.29, 0.717) is 51.7 Å². The van der Waals surface area contributed by atoms with E-state index in [4.69, 9.17) is 4.74 Å². The summed E-state index contributed by atoms with van der Waals surface area (Å²) < 4.78 is 44.7. The van der Waals surface area contributed by atoms with Crippen LogP contribution in [-0.2, 0) is 9.53 Å². The second kappa shape index (κ2) is 9.66. The Bertz CT molecular complexity index is 360. The highest BCUT2D eigenvalue weighted by molar-refractivity contribution is 5.85. The quantitative estimate of drug-likeness (QED) is 0.747. The molecule has 2 heterocycles. The van der Waals surface area contributed by atoms with Crippen LogP contribution < -0.4 is 10.6 Å². The molecule has 0 aromatic carbocycles. The molecule has 2 N–H and O–H groups in total. The molecular weight excluding hydrogens is 335 g/mol. The van der Waals surface area contributed by atoms with Crippen molar-refractivity contribution in [3.63, 3.8) is 0 Å². The van der Waals surface area contributed by atoms with Gasteiger partial charge in [0, 0.05) is 52.4 Å². The van der Waals surface area contributed by atoms with E-state index in [-0.39, 0.29) is 31.3 Å². The summed E-state index contributed by atoms with van der Waals surface area (Å²) in [5.41, 5.74) is 0. The minimum atomic E-state index is -4.33. The van der Waals surface area contributed by atoms with E-state index >= 15 is 0 Å². The third-order valence-electron chi connectivity index (χ3n) is 4.27. The molecule has 2 aliphatic rings. The number of hydrogen-bond acceptors (Lipinski definition) is 4. The average molecular weight is 360 g/mol. The second-order valence-corrected chi connectivity index (χ2v) is 5.92. The molecule has 2 atom stereocenters. The van der Waals surface area contributed by atoms with Crippen molar-refractivity contribution in [1.29, 1.82) is 0 Å². The Balaban J connectivity index is 0.00000264. The first-order valence-corrected chi connectivity index (χ1v) is 7.82. The van der Waals surface area contributed by atoms with Gasteiger partial charge in [0.05, 0.1) is 0 Å². The lowest BCUT2D eigenvalue weighted by Crippen LogP contribution is -2.57. The monoisotopic (exact) mass is 359 g/mol. The minimum Gasteiger partial charge on any atom is -0.381 e. The molecule has 1 amide bonds. The summed E-state index contributed by atoms with van der Waals surface area (Å²) in [5.74, 6) is 0.0496. The standard InChI is InChI=1S/C14H24F3N3O2.ClH/c15-14(16,17)12(20-6-4-18-5-7-20)9-19-13(21)2-1-11-3-8-22-10-11;/h11-12,18H,1-10H2,(H,19,21);1H. The van der Waals surface area contributed by atoms with Crippen molar-refractivity contribution < 1.29 is 22.7 Å². The zero-order valence-corrected chi connectivity index (χ0v) is 13.8. The van der Waals surface area contributed by atoms with Gasteiger partial charge in [0.1, 0.15) is 6.04 Å². The predicted molar refractivity (Wildman–Crippen MR) is 82.7 cm³/mol. The SMILES string of the molecule is Cl.O=C(CCC1CCOC1)NCC(N1CCNCC1)C(F)(F)F. The highest BCUT2D eigenvalue weighted by atomic mass is 35.5. The number of amides is 1. The van der Waals surface area contributed by atoms with Crippen LogP contribution >= 0.6 is 12.4 Å². The van der Waals surface area contributed by atoms with Gasteiger partial charge in [-0.3, -0.25) is 9.69 Å². The number of rotatable bonds is 6. The zero-order chi connectivity index (χ0) is 16.0. The van der Waals surface area contributed by atoms with Gasteiger partial charge in [-0.25, -0.2) is 0 Å². The molecule has 2 unspecified atom stereocenters. The molecule has 9 heteroatoms. The van der Waals surface area contributed by atoms with Crippen LogP contribution in [0.4, 0.5) is 13.2 Å². The first-order valence-electron chi connectivity index (χ1n) is 7.82. The lowest BCUT2D eigenvalue weighted by atomic mass is 10.0. The van der Waals surface area contributed by atoms with Crippen LogP contribution in [-0.4, -0.2) is 69.0 Å². The number of nitrogens with zero attached hydrogens (tertiary/aromatic N) is 1. The van der Waals surface area contributed by atoms with E-state index in [2.05, 4.69) is 10.6 Å². The molecule has 136 valence electrons. The lowest BCUT2D eigenvalue weighted by Gasteiger charge is -2.35. The molecule has 2 saturated heterocycles. The number of ether oxygens (including phenoxy) is 1. The van der Waals surface area contributed by atoms with E-state index in [1.54, 1.807) is 0 Å². The first kappa shape index (κ1) is 20.5. The van der Waals surface area contributed by atoms with Gasteiger partial charge in [0.15, 0.2) is 0 Å². The van der Waals surface area contributed by atoms with Crippen LogP contribution in [0, 0.1) is 5.92 Å². The van der Waals surface area contributed by atoms with Gasteiger partial charge < -0.3 is 15.4 Å².